The van der Waals surface area contributed by atoms with E-state index in [2.05, 4.69) is 20.9 Å². The van der Waals surface area contributed by atoms with Crippen LogP contribution < -0.4 is 33.2 Å². The Morgan fingerprint density at radius 1 is 0.860 bits per heavy atom. The van der Waals surface area contributed by atoms with Crippen LogP contribution in [0.2, 0.25) is 0 Å². The maximum Gasteiger partial charge on any atom is 0.303 e. The number of halogens is 1. The largest absolute Gasteiger partial charge is 0.481 e. The molecule has 0 aliphatic carbocycles. The number of guanidine groups is 1. The third-order valence-corrected chi connectivity index (χ3v) is 8.47. The van der Waals surface area contributed by atoms with Gasteiger partial charge in [0, 0.05) is 25.9 Å². The number of aliphatic imine (C=N–C) groups is 1. The van der Waals surface area contributed by atoms with E-state index in [1.165, 1.54) is 4.90 Å². The highest BCUT2D eigenvalue weighted by Crippen LogP contribution is 2.22. The lowest BCUT2D eigenvalue weighted by Gasteiger charge is -2.37. The molecule has 1 heterocycles. The zero-order valence-corrected chi connectivity index (χ0v) is 28.4. The fraction of sp³-hybridized carbons (Fsp3) is 0.441. The van der Waals surface area contributed by atoms with Crippen molar-refractivity contribution >= 4 is 53.1 Å². The van der Waals surface area contributed by atoms with Crippen LogP contribution in [0.25, 0.3) is 11.1 Å². The molecule has 10 N–H and O–H groups in total. The maximum absolute atomic E-state index is 13.9. The second-order valence-corrected chi connectivity index (χ2v) is 12.2. The Morgan fingerprint density at radius 3 is 2.16 bits per heavy atom. The maximum atomic E-state index is 13.9. The first kappa shape index (κ1) is 39.3. The molecule has 3 rings (SSSR count). The van der Waals surface area contributed by atoms with Gasteiger partial charge in [-0.2, -0.15) is 0 Å². The topological polar surface area (TPSA) is 252 Å². The highest BCUT2D eigenvalue weighted by molar-refractivity contribution is 6.27. The fourth-order valence-electron chi connectivity index (χ4n) is 5.66. The van der Waals surface area contributed by atoms with Gasteiger partial charge in [-0.3, -0.25) is 33.8 Å². The molecule has 0 radical (unpaired) electrons. The molecule has 0 bridgehead atoms. The summed E-state index contributed by atoms with van der Waals surface area (Å²) < 4.78 is 0. The SMILES string of the molecule is NC(=O)[C@H](CCCN=C(N)N)NC(=O)[C@H](Cc1ccc(-c2ccccc2)cc1)NC(=O)[C@@H]1CCCCN1C(=O)[C@H](CCC(=O)O)NC(=O)CCl. The highest BCUT2D eigenvalue weighted by atomic mass is 35.5. The minimum Gasteiger partial charge on any atom is -0.481 e. The van der Waals surface area contributed by atoms with Crippen LogP contribution in [0.3, 0.4) is 0 Å². The number of aliphatic carboxylic acids is 1. The molecule has 1 fully saturated rings. The van der Waals surface area contributed by atoms with Crippen LogP contribution >= 0.6 is 11.6 Å². The van der Waals surface area contributed by atoms with E-state index in [9.17, 15) is 33.9 Å². The van der Waals surface area contributed by atoms with Crippen LogP contribution in [-0.4, -0.2) is 94.6 Å². The lowest BCUT2D eigenvalue weighted by atomic mass is 9.97. The number of likely N-dealkylation sites (tertiary alicyclic amines) is 1. The molecule has 1 aliphatic heterocycles. The Balaban J connectivity index is 1.85. The van der Waals surface area contributed by atoms with E-state index in [0.29, 0.717) is 24.8 Å². The Labute approximate surface area is 295 Å². The predicted octanol–water partition coefficient (Wildman–Crippen LogP) is 0.374. The second-order valence-electron chi connectivity index (χ2n) is 12.0. The van der Waals surface area contributed by atoms with Gasteiger partial charge < -0.3 is 43.2 Å². The molecule has 1 aliphatic rings. The van der Waals surface area contributed by atoms with E-state index < -0.39 is 72.0 Å². The number of carboxylic acids is 1. The van der Waals surface area contributed by atoms with Crippen LogP contribution in [0, 0.1) is 0 Å². The van der Waals surface area contributed by atoms with Crippen LogP contribution in [0.4, 0.5) is 0 Å². The van der Waals surface area contributed by atoms with E-state index in [0.717, 1.165) is 11.1 Å². The van der Waals surface area contributed by atoms with Crippen molar-refractivity contribution in [2.75, 3.05) is 19.0 Å². The Morgan fingerprint density at radius 2 is 1.54 bits per heavy atom. The average Bonchev–Trinajstić information content (AvgIpc) is 3.10. The van der Waals surface area contributed by atoms with E-state index >= 15 is 0 Å². The van der Waals surface area contributed by atoms with Crippen LogP contribution in [0.5, 0.6) is 0 Å². The van der Waals surface area contributed by atoms with Gasteiger partial charge in [-0.15, -0.1) is 11.6 Å². The van der Waals surface area contributed by atoms with Crippen molar-refractivity contribution in [3.05, 3.63) is 60.2 Å². The molecule has 0 aromatic heterocycles. The number of rotatable bonds is 18. The predicted molar refractivity (Wildman–Crippen MR) is 187 cm³/mol. The number of piperidine rings is 1. The first-order valence-electron chi connectivity index (χ1n) is 16.4. The van der Waals surface area contributed by atoms with Crippen molar-refractivity contribution in [3.63, 3.8) is 0 Å². The molecule has 0 spiro atoms. The van der Waals surface area contributed by atoms with Crippen molar-refractivity contribution in [2.45, 2.75) is 75.5 Å². The van der Waals surface area contributed by atoms with E-state index in [1.54, 1.807) is 0 Å². The van der Waals surface area contributed by atoms with Crippen molar-refractivity contribution in [1.29, 1.82) is 0 Å². The van der Waals surface area contributed by atoms with Gasteiger partial charge in [0.2, 0.25) is 29.5 Å². The van der Waals surface area contributed by atoms with E-state index in [4.69, 9.17) is 28.8 Å². The molecule has 270 valence electrons. The summed E-state index contributed by atoms with van der Waals surface area (Å²) in [4.78, 5) is 82.1. The molecule has 4 atom stereocenters. The zero-order valence-electron chi connectivity index (χ0n) is 27.7. The molecule has 2 aromatic rings. The molecule has 15 nitrogen and oxygen atoms in total. The van der Waals surface area contributed by atoms with Gasteiger partial charge in [0.05, 0.1) is 0 Å². The van der Waals surface area contributed by atoms with E-state index in [1.807, 2.05) is 54.6 Å². The van der Waals surface area contributed by atoms with Crippen molar-refractivity contribution in [2.24, 2.45) is 22.2 Å². The van der Waals surface area contributed by atoms with Gasteiger partial charge in [-0.1, -0.05) is 54.6 Å². The summed E-state index contributed by atoms with van der Waals surface area (Å²) in [7, 11) is 0. The highest BCUT2D eigenvalue weighted by Gasteiger charge is 2.38. The summed E-state index contributed by atoms with van der Waals surface area (Å²) in [5.74, 6) is -5.08. The number of hydrogen-bond acceptors (Lipinski definition) is 7. The average molecular weight is 713 g/mol. The Kier molecular flexibility index (Phi) is 15.5. The fourth-order valence-corrected chi connectivity index (χ4v) is 5.74. The minimum atomic E-state index is -1.22. The number of nitrogens with two attached hydrogens (primary N) is 3. The number of nitrogens with one attached hydrogen (secondary N) is 3. The van der Waals surface area contributed by atoms with Crippen LogP contribution in [0.15, 0.2) is 59.6 Å². The molecule has 5 amide bonds. The summed E-state index contributed by atoms with van der Waals surface area (Å²) in [6, 6.07) is 12.6. The minimum absolute atomic E-state index is 0.0415. The van der Waals surface area contributed by atoms with Gasteiger partial charge in [-0.05, 0) is 55.2 Å². The number of benzene rings is 2. The summed E-state index contributed by atoms with van der Waals surface area (Å²) in [6.07, 6.45) is 1.36. The lowest BCUT2D eigenvalue weighted by molar-refractivity contribution is -0.146. The summed E-state index contributed by atoms with van der Waals surface area (Å²) in [6.45, 7) is 0.384. The third-order valence-electron chi connectivity index (χ3n) is 8.23. The number of primary amides is 1. The molecular formula is C34H45ClN8O7. The smallest absolute Gasteiger partial charge is 0.303 e. The monoisotopic (exact) mass is 712 g/mol. The number of nitrogens with zero attached hydrogens (tertiary/aromatic N) is 2. The molecule has 2 aromatic carbocycles. The molecule has 16 heteroatoms. The van der Waals surface area contributed by atoms with Gasteiger partial charge in [0.15, 0.2) is 5.96 Å². The molecular weight excluding hydrogens is 668 g/mol. The van der Waals surface area contributed by atoms with Gasteiger partial charge in [0.25, 0.3) is 0 Å². The molecule has 1 saturated heterocycles. The summed E-state index contributed by atoms with van der Waals surface area (Å²) in [5, 5.41) is 17.1. The van der Waals surface area contributed by atoms with Gasteiger partial charge in [-0.25, -0.2) is 0 Å². The Hall–Kier alpha value is -5.18. The number of carboxylic acid groups (broad SMARTS) is 1. The van der Waals surface area contributed by atoms with Gasteiger partial charge >= 0.3 is 5.97 Å². The summed E-state index contributed by atoms with van der Waals surface area (Å²) >= 11 is 5.63. The van der Waals surface area contributed by atoms with Crippen LogP contribution in [-0.2, 0) is 35.2 Å². The van der Waals surface area contributed by atoms with Crippen LogP contribution in [0.1, 0.15) is 50.5 Å². The molecule has 0 unspecified atom stereocenters. The summed E-state index contributed by atoms with van der Waals surface area (Å²) in [5.41, 5.74) is 19.0. The molecule has 50 heavy (non-hydrogen) atoms. The molecule has 0 saturated carbocycles. The van der Waals surface area contributed by atoms with Crippen molar-refractivity contribution < 1.29 is 33.9 Å². The second kappa shape index (κ2) is 19.7. The third kappa shape index (κ3) is 12.4. The standard InChI is InChI=1S/C34H45ClN8O7/c35-20-28(44)40-25(15-16-29(45)46)33(50)43-18-5-4-10-27(43)32(49)42-26(31(48)41-24(30(36)47)9-6-17-39-34(37)38)19-21-11-13-23(14-12-21)22-7-2-1-3-8-22/h1-3,7-8,11-14,24-27H,4-6,9-10,15-20H2,(H2,36,47)(H,40,44)(H,41,48)(H,42,49)(H,45,46)(H4,37,38,39)/t24-,25-,26-,27-/m0/s1. The quantitative estimate of drug-likeness (QED) is 0.0487. The van der Waals surface area contributed by atoms with Crippen molar-refractivity contribution in [3.8, 4) is 11.1 Å². The van der Waals surface area contributed by atoms with Gasteiger partial charge in [0.1, 0.15) is 30.0 Å². The van der Waals surface area contributed by atoms with Crippen molar-refractivity contribution in [1.82, 2.24) is 20.9 Å². The first-order valence-corrected chi connectivity index (χ1v) is 16.9. The number of carbonyl (C=O) groups is 6. The number of carbonyl (C=O) groups excluding carboxylic acids is 5. The number of hydrogen-bond donors (Lipinski definition) is 7. The first-order chi connectivity index (χ1) is 23.9. The lowest BCUT2D eigenvalue weighted by Crippen LogP contribution is -2.60. The normalized spacial score (nSPS) is 15.9. The van der Waals surface area contributed by atoms with E-state index in [-0.39, 0.29) is 44.7 Å². The Bertz CT molecular complexity index is 1520. The zero-order chi connectivity index (χ0) is 36.6. The number of alkyl halides is 1. The number of amides is 5.